The molecule has 1 saturated heterocycles. The summed E-state index contributed by atoms with van der Waals surface area (Å²) in [7, 11) is 0. The minimum Gasteiger partial charge on any atom is -0.377 e. The summed E-state index contributed by atoms with van der Waals surface area (Å²) in [6.45, 7) is 2.85. The fourth-order valence-electron chi connectivity index (χ4n) is 2.20. The quantitative estimate of drug-likeness (QED) is 0.642. The van der Waals surface area contributed by atoms with Crippen LogP contribution in [0.15, 0.2) is 29.6 Å². The van der Waals surface area contributed by atoms with Crippen molar-refractivity contribution < 1.29 is 4.74 Å². The number of nitrogens with zero attached hydrogens (tertiary/aromatic N) is 3. The van der Waals surface area contributed by atoms with E-state index in [0.717, 1.165) is 36.3 Å². The van der Waals surface area contributed by atoms with Crippen molar-refractivity contribution in [3.63, 3.8) is 0 Å². The minimum absolute atomic E-state index is 0.416. The molecule has 1 N–H and O–H groups in total. The summed E-state index contributed by atoms with van der Waals surface area (Å²) in [6, 6.07) is 5.93. The highest BCUT2D eigenvalue weighted by molar-refractivity contribution is 7.99. The van der Waals surface area contributed by atoms with Gasteiger partial charge < -0.3 is 10.1 Å². The largest absolute Gasteiger partial charge is 0.377 e. The maximum absolute atomic E-state index is 5.57. The molecule has 6 heteroatoms. The van der Waals surface area contributed by atoms with Gasteiger partial charge in [-0.05, 0) is 25.0 Å². The van der Waals surface area contributed by atoms with E-state index in [4.69, 9.17) is 4.74 Å². The van der Waals surface area contributed by atoms with Gasteiger partial charge in [0.15, 0.2) is 10.8 Å². The number of thioether (sulfide) groups is 1. The predicted octanol–water partition coefficient (Wildman–Crippen LogP) is 1.59. The van der Waals surface area contributed by atoms with E-state index in [1.165, 1.54) is 12.8 Å². The van der Waals surface area contributed by atoms with Crippen LogP contribution in [-0.4, -0.2) is 46.2 Å². The molecule has 0 amide bonds. The minimum atomic E-state index is 0.416. The second-order valence-corrected chi connectivity index (χ2v) is 5.66. The number of hydrogen-bond donors (Lipinski definition) is 1. The van der Waals surface area contributed by atoms with Gasteiger partial charge in [0, 0.05) is 31.6 Å². The van der Waals surface area contributed by atoms with Crippen molar-refractivity contribution in [1.82, 2.24) is 19.9 Å². The summed E-state index contributed by atoms with van der Waals surface area (Å²) in [5, 5.41) is 12.7. The maximum atomic E-state index is 5.57. The van der Waals surface area contributed by atoms with Crippen LogP contribution in [-0.2, 0) is 4.74 Å². The molecule has 0 bridgehead atoms. The zero-order valence-electron chi connectivity index (χ0n) is 10.8. The number of nitrogens with one attached hydrogen (secondary N) is 1. The first-order valence-corrected chi connectivity index (χ1v) is 7.67. The van der Waals surface area contributed by atoms with Crippen molar-refractivity contribution in [1.29, 1.82) is 0 Å². The standard InChI is InChI=1S/C13H18N4OS/c1-2-7-17-12(5-1)15-16-13(17)19-9-6-14-10-11-4-3-8-18-11/h1-2,5,7,11,14H,3-4,6,8-10H2. The summed E-state index contributed by atoms with van der Waals surface area (Å²) in [4.78, 5) is 0. The highest BCUT2D eigenvalue weighted by Crippen LogP contribution is 2.16. The molecule has 1 aliphatic rings. The number of rotatable bonds is 6. The lowest BCUT2D eigenvalue weighted by Gasteiger charge is -2.09. The first-order valence-electron chi connectivity index (χ1n) is 6.68. The molecule has 1 aliphatic heterocycles. The van der Waals surface area contributed by atoms with Crippen LogP contribution in [0.2, 0.25) is 0 Å². The molecular weight excluding hydrogens is 260 g/mol. The van der Waals surface area contributed by atoms with E-state index in [0.29, 0.717) is 6.10 Å². The fourth-order valence-corrected chi connectivity index (χ4v) is 3.02. The Morgan fingerprint density at radius 1 is 1.42 bits per heavy atom. The second kappa shape index (κ2) is 6.36. The molecule has 0 aliphatic carbocycles. The van der Waals surface area contributed by atoms with Crippen molar-refractivity contribution in [2.24, 2.45) is 0 Å². The first-order chi connectivity index (χ1) is 9.43. The molecule has 0 spiro atoms. The van der Waals surface area contributed by atoms with Crippen LogP contribution in [0.3, 0.4) is 0 Å². The van der Waals surface area contributed by atoms with Gasteiger partial charge in [-0.15, -0.1) is 10.2 Å². The Hall–Kier alpha value is -1.11. The Labute approximate surface area is 116 Å². The monoisotopic (exact) mass is 278 g/mol. The predicted molar refractivity (Wildman–Crippen MR) is 75.6 cm³/mol. The third kappa shape index (κ3) is 3.26. The Bertz CT molecular complexity index is 524. The molecule has 0 aromatic carbocycles. The molecule has 0 radical (unpaired) electrons. The zero-order valence-corrected chi connectivity index (χ0v) is 11.6. The molecule has 1 fully saturated rings. The lowest BCUT2D eigenvalue weighted by molar-refractivity contribution is 0.110. The number of aromatic nitrogens is 3. The summed E-state index contributed by atoms with van der Waals surface area (Å²) in [6.07, 6.45) is 4.80. The second-order valence-electron chi connectivity index (χ2n) is 4.60. The average molecular weight is 278 g/mol. The van der Waals surface area contributed by atoms with Gasteiger partial charge in [0.1, 0.15) is 0 Å². The number of ether oxygens (including phenoxy) is 1. The maximum Gasteiger partial charge on any atom is 0.195 e. The van der Waals surface area contributed by atoms with E-state index in [2.05, 4.69) is 15.5 Å². The van der Waals surface area contributed by atoms with Crippen molar-refractivity contribution in [2.75, 3.05) is 25.4 Å². The lowest BCUT2D eigenvalue weighted by atomic mass is 10.2. The molecule has 2 aromatic rings. The van der Waals surface area contributed by atoms with Gasteiger partial charge in [0.25, 0.3) is 0 Å². The number of pyridine rings is 1. The molecule has 1 atom stereocenters. The van der Waals surface area contributed by atoms with Crippen LogP contribution in [0.25, 0.3) is 5.65 Å². The van der Waals surface area contributed by atoms with Gasteiger partial charge in [-0.1, -0.05) is 17.8 Å². The van der Waals surface area contributed by atoms with Crippen molar-refractivity contribution in [3.8, 4) is 0 Å². The van der Waals surface area contributed by atoms with Crippen molar-refractivity contribution in [2.45, 2.75) is 24.1 Å². The molecule has 3 rings (SSSR count). The smallest absolute Gasteiger partial charge is 0.195 e. The van der Waals surface area contributed by atoms with Gasteiger partial charge in [-0.25, -0.2) is 0 Å². The van der Waals surface area contributed by atoms with Crippen molar-refractivity contribution in [3.05, 3.63) is 24.4 Å². The zero-order chi connectivity index (χ0) is 12.9. The Balaban J connectivity index is 1.42. The van der Waals surface area contributed by atoms with Gasteiger partial charge in [-0.3, -0.25) is 4.40 Å². The van der Waals surface area contributed by atoms with Crippen molar-refractivity contribution >= 4 is 17.4 Å². The third-order valence-electron chi connectivity index (χ3n) is 3.19. The summed E-state index contributed by atoms with van der Waals surface area (Å²) in [5.74, 6) is 0.988. The highest BCUT2D eigenvalue weighted by atomic mass is 32.2. The Morgan fingerprint density at radius 3 is 3.32 bits per heavy atom. The molecule has 102 valence electrons. The van der Waals surface area contributed by atoms with Crippen LogP contribution in [0.1, 0.15) is 12.8 Å². The summed E-state index contributed by atoms with van der Waals surface area (Å²) < 4.78 is 7.59. The first kappa shape index (κ1) is 12.9. The third-order valence-corrected chi connectivity index (χ3v) is 4.13. The molecule has 19 heavy (non-hydrogen) atoms. The van der Waals surface area contributed by atoms with Gasteiger partial charge in [-0.2, -0.15) is 0 Å². The van der Waals surface area contributed by atoms with Crippen LogP contribution in [0.4, 0.5) is 0 Å². The lowest BCUT2D eigenvalue weighted by Crippen LogP contribution is -2.27. The van der Waals surface area contributed by atoms with E-state index in [1.807, 2.05) is 28.8 Å². The van der Waals surface area contributed by atoms with Gasteiger partial charge >= 0.3 is 0 Å². The topological polar surface area (TPSA) is 51.5 Å². The highest BCUT2D eigenvalue weighted by Gasteiger charge is 2.14. The molecule has 3 heterocycles. The number of hydrogen-bond acceptors (Lipinski definition) is 5. The van der Waals surface area contributed by atoms with E-state index < -0.39 is 0 Å². The van der Waals surface area contributed by atoms with Crippen LogP contribution in [0.5, 0.6) is 0 Å². The van der Waals surface area contributed by atoms with Crippen LogP contribution < -0.4 is 5.32 Å². The average Bonchev–Trinajstić information content (AvgIpc) is 3.08. The van der Waals surface area contributed by atoms with Gasteiger partial charge in [0.2, 0.25) is 0 Å². The summed E-state index contributed by atoms with van der Waals surface area (Å²) in [5.41, 5.74) is 0.900. The molecular formula is C13H18N4OS. The molecule has 2 aromatic heterocycles. The normalized spacial score (nSPS) is 19.3. The Kier molecular flexibility index (Phi) is 4.32. The Morgan fingerprint density at radius 2 is 2.42 bits per heavy atom. The number of fused-ring (bicyclic) bond motifs is 1. The molecule has 0 saturated carbocycles. The van der Waals surface area contributed by atoms with Gasteiger partial charge in [0.05, 0.1) is 6.10 Å². The van der Waals surface area contributed by atoms with E-state index in [9.17, 15) is 0 Å². The SMILES string of the molecule is c1ccn2c(SCCNCC3CCCO3)nnc2c1. The summed E-state index contributed by atoms with van der Waals surface area (Å²) >= 11 is 1.73. The molecule has 1 unspecified atom stereocenters. The van der Waals surface area contributed by atoms with E-state index >= 15 is 0 Å². The molecule has 5 nitrogen and oxygen atoms in total. The van der Waals surface area contributed by atoms with E-state index in [-0.39, 0.29) is 0 Å². The van der Waals surface area contributed by atoms with Crippen LogP contribution >= 0.6 is 11.8 Å². The fraction of sp³-hybridized carbons (Fsp3) is 0.538. The van der Waals surface area contributed by atoms with Crippen LogP contribution in [0, 0.1) is 0 Å². The van der Waals surface area contributed by atoms with E-state index in [1.54, 1.807) is 11.8 Å².